The molecule has 1 aromatic heterocycles. The van der Waals surface area contributed by atoms with E-state index in [0.717, 1.165) is 12.8 Å². The van der Waals surface area contributed by atoms with Crippen LogP contribution in [0, 0.1) is 10.1 Å². The zero-order valence-electron chi connectivity index (χ0n) is 9.65. The van der Waals surface area contributed by atoms with Crippen LogP contribution in [0.2, 0.25) is 0 Å². The number of hydrogen-bond acceptors (Lipinski definition) is 5. The summed E-state index contributed by atoms with van der Waals surface area (Å²) < 4.78 is 0. The molecule has 1 aliphatic rings. The number of nitrogens with zero attached hydrogens (tertiary/aromatic N) is 3. The molecule has 0 aliphatic carbocycles. The summed E-state index contributed by atoms with van der Waals surface area (Å²) in [5.74, 6) is -0.816. The predicted octanol–water partition coefficient (Wildman–Crippen LogP) is 1.43. The van der Waals surface area contributed by atoms with Crippen LogP contribution in [0.15, 0.2) is 18.3 Å². The monoisotopic (exact) mass is 251 g/mol. The Balaban J connectivity index is 2.39. The summed E-state index contributed by atoms with van der Waals surface area (Å²) in [6, 6.07) is 2.09. The molecular formula is C11H13N3O4. The molecule has 0 unspecified atom stereocenters. The van der Waals surface area contributed by atoms with Crippen LogP contribution in [0.1, 0.15) is 19.3 Å². The Morgan fingerprint density at radius 1 is 1.56 bits per heavy atom. The predicted molar refractivity (Wildman–Crippen MR) is 63.5 cm³/mol. The van der Waals surface area contributed by atoms with Crippen molar-refractivity contribution in [3.05, 3.63) is 28.4 Å². The Bertz CT molecular complexity index is 477. The number of pyridine rings is 1. The summed E-state index contributed by atoms with van der Waals surface area (Å²) in [5, 5.41) is 20.1. The Hall–Kier alpha value is -2.18. The number of anilines is 1. The molecule has 1 N–H and O–H groups in total. The van der Waals surface area contributed by atoms with Gasteiger partial charge in [0.25, 0.3) is 0 Å². The summed E-state index contributed by atoms with van der Waals surface area (Å²) in [4.78, 5) is 27.1. The second-order valence-corrected chi connectivity index (χ2v) is 4.15. The second kappa shape index (κ2) is 4.99. The largest absolute Gasteiger partial charge is 0.480 e. The van der Waals surface area contributed by atoms with E-state index in [0.29, 0.717) is 13.0 Å². The molecular weight excluding hydrogens is 238 g/mol. The Labute approximate surface area is 103 Å². The first-order valence-corrected chi connectivity index (χ1v) is 5.70. The van der Waals surface area contributed by atoms with Gasteiger partial charge in [-0.2, -0.15) is 0 Å². The van der Waals surface area contributed by atoms with Crippen LogP contribution in [0.25, 0.3) is 0 Å². The summed E-state index contributed by atoms with van der Waals surface area (Å²) in [5.41, 5.74) is -0.148. The number of aliphatic carboxylic acids is 1. The molecule has 0 spiro atoms. The number of hydrogen-bond donors (Lipinski definition) is 1. The fourth-order valence-corrected chi connectivity index (χ4v) is 2.19. The third kappa shape index (κ3) is 2.24. The Morgan fingerprint density at radius 3 is 3.00 bits per heavy atom. The van der Waals surface area contributed by atoms with Crippen molar-refractivity contribution in [3.8, 4) is 0 Å². The molecule has 1 atom stereocenters. The molecule has 7 heteroatoms. The number of carboxylic acids is 1. The van der Waals surface area contributed by atoms with E-state index < -0.39 is 16.9 Å². The molecule has 7 nitrogen and oxygen atoms in total. The van der Waals surface area contributed by atoms with E-state index in [9.17, 15) is 14.9 Å². The molecule has 18 heavy (non-hydrogen) atoms. The van der Waals surface area contributed by atoms with E-state index in [4.69, 9.17) is 5.11 Å². The topological polar surface area (TPSA) is 96.6 Å². The van der Waals surface area contributed by atoms with Gasteiger partial charge in [-0.15, -0.1) is 0 Å². The first-order chi connectivity index (χ1) is 8.61. The SMILES string of the molecule is O=C(O)[C@@H]1CCCCN1c1ncccc1[N+](=O)[O-]. The van der Waals surface area contributed by atoms with Crippen LogP contribution >= 0.6 is 0 Å². The minimum atomic E-state index is -0.963. The molecule has 1 fully saturated rings. The lowest BCUT2D eigenvalue weighted by atomic mass is 10.0. The van der Waals surface area contributed by atoms with Crippen molar-refractivity contribution in [1.29, 1.82) is 0 Å². The average molecular weight is 251 g/mol. The van der Waals surface area contributed by atoms with E-state index in [1.54, 1.807) is 0 Å². The zero-order valence-corrected chi connectivity index (χ0v) is 9.65. The highest BCUT2D eigenvalue weighted by Crippen LogP contribution is 2.30. The minimum Gasteiger partial charge on any atom is -0.480 e. The molecule has 2 rings (SSSR count). The van der Waals surface area contributed by atoms with Crippen molar-refractivity contribution in [2.75, 3.05) is 11.4 Å². The van der Waals surface area contributed by atoms with E-state index >= 15 is 0 Å². The van der Waals surface area contributed by atoms with E-state index in [1.807, 2.05) is 0 Å². The summed E-state index contributed by atoms with van der Waals surface area (Å²) >= 11 is 0. The first-order valence-electron chi connectivity index (χ1n) is 5.70. The van der Waals surface area contributed by atoms with Gasteiger partial charge in [0.05, 0.1) is 4.92 Å². The Morgan fingerprint density at radius 2 is 2.33 bits per heavy atom. The third-order valence-corrected chi connectivity index (χ3v) is 3.02. The molecule has 0 aromatic carbocycles. The van der Waals surface area contributed by atoms with E-state index in [-0.39, 0.29) is 11.5 Å². The van der Waals surface area contributed by atoms with Gasteiger partial charge in [-0.3, -0.25) is 10.1 Å². The third-order valence-electron chi connectivity index (χ3n) is 3.02. The quantitative estimate of drug-likeness (QED) is 0.644. The maximum Gasteiger partial charge on any atom is 0.326 e. The molecule has 1 saturated heterocycles. The first kappa shape index (κ1) is 12.3. The summed E-state index contributed by atoms with van der Waals surface area (Å²) in [6.45, 7) is 0.481. The molecule has 96 valence electrons. The van der Waals surface area contributed by atoms with Crippen molar-refractivity contribution in [2.45, 2.75) is 25.3 Å². The molecule has 0 saturated carbocycles. The maximum atomic E-state index is 11.2. The lowest BCUT2D eigenvalue weighted by Crippen LogP contribution is -2.45. The van der Waals surface area contributed by atoms with Gasteiger partial charge < -0.3 is 10.0 Å². The van der Waals surface area contributed by atoms with Crippen LogP contribution in [-0.2, 0) is 4.79 Å². The van der Waals surface area contributed by atoms with Gasteiger partial charge in [-0.05, 0) is 25.3 Å². The number of nitro groups is 1. The lowest BCUT2D eigenvalue weighted by molar-refractivity contribution is -0.384. The van der Waals surface area contributed by atoms with Crippen molar-refractivity contribution in [3.63, 3.8) is 0 Å². The number of aromatic nitrogens is 1. The van der Waals surface area contributed by atoms with Crippen LogP contribution in [-0.4, -0.2) is 33.6 Å². The highest BCUT2D eigenvalue weighted by molar-refractivity contribution is 5.79. The maximum absolute atomic E-state index is 11.2. The fourth-order valence-electron chi connectivity index (χ4n) is 2.19. The zero-order chi connectivity index (χ0) is 13.1. The van der Waals surface area contributed by atoms with Crippen molar-refractivity contribution in [1.82, 2.24) is 4.98 Å². The van der Waals surface area contributed by atoms with Crippen molar-refractivity contribution >= 4 is 17.5 Å². The van der Waals surface area contributed by atoms with E-state index in [1.165, 1.54) is 23.2 Å². The van der Waals surface area contributed by atoms with Gasteiger partial charge in [-0.1, -0.05) is 0 Å². The number of carbonyl (C=O) groups is 1. The smallest absolute Gasteiger partial charge is 0.326 e. The van der Waals surface area contributed by atoms with Crippen LogP contribution in [0.4, 0.5) is 11.5 Å². The van der Waals surface area contributed by atoms with Gasteiger partial charge in [0.2, 0.25) is 5.82 Å². The van der Waals surface area contributed by atoms with Crippen molar-refractivity contribution in [2.24, 2.45) is 0 Å². The average Bonchev–Trinajstić information content (AvgIpc) is 2.38. The van der Waals surface area contributed by atoms with Gasteiger partial charge in [0, 0.05) is 18.8 Å². The van der Waals surface area contributed by atoms with Crippen molar-refractivity contribution < 1.29 is 14.8 Å². The molecule has 0 bridgehead atoms. The second-order valence-electron chi connectivity index (χ2n) is 4.15. The standard InChI is InChI=1S/C11H13N3O4/c15-11(16)9-4-1-2-7-13(9)10-8(14(17)18)5-3-6-12-10/h3,5-6,9H,1-2,4,7H2,(H,15,16)/t9-/m0/s1. The number of rotatable bonds is 3. The van der Waals surface area contributed by atoms with E-state index in [2.05, 4.69) is 4.98 Å². The van der Waals surface area contributed by atoms with Crippen LogP contribution in [0.3, 0.4) is 0 Å². The van der Waals surface area contributed by atoms with Gasteiger partial charge in [-0.25, -0.2) is 9.78 Å². The number of carboxylic acid groups (broad SMARTS) is 1. The summed E-state index contributed by atoms with van der Waals surface area (Å²) in [6.07, 6.45) is 3.56. The molecule has 0 radical (unpaired) electrons. The van der Waals surface area contributed by atoms with Gasteiger partial charge >= 0.3 is 11.7 Å². The number of piperidine rings is 1. The lowest BCUT2D eigenvalue weighted by Gasteiger charge is -2.33. The molecule has 1 aliphatic heterocycles. The highest BCUT2D eigenvalue weighted by atomic mass is 16.6. The summed E-state index contributed by atoms with van der Waals surface area (Å²) in [7, 11) is 0. The highest BCUT2D eigenvalue weighted by Gasteiger charge is 2.33. The molecule has 0 amide bonds. The molecule has 1 aromatic rings. The fraction of sp³-hybridized carbons (Fsp3) is 0.455. The van der Waals surface area contributed by atoms with Gasteiger partial charge in [0.15, 0.2) is 0 Å². The van der Waals surface area contributed by atoms with Crippen LogP contribution in [0.5, 0.6) is 0 Å². The molecule has 2 heterocycles. The van der Waals surface area contributed by atoms with Crippen LogP contribution < -0.4 is 4.90 Å². The van der Waals surface area contributed by atoms with Gasteiger partial charge in [0.1, 0.15) is 6.04 Å². The normalized spacial score (nSPS) is 19.6. The minimum absolute atomic E-state index is 0.148. The Kier molecular flexibility index (Phi) is 3.40.